The van der Waals surface area contributed by atoms with Crippen molar-refractivity contribution in [2.75, 3.05) is 10.7 Å². The number of anilines is 3. The average molecular weight is 524 g/mol. The number of carbonyl (C=O) groups excluding carboxylic acids is 1. The first-order valence-electron chi connectivity index (χ1n) is 11.0. The summed E-state index contributed by atoms with van der Waals surface area (Å²) >= 11 is 0. The van der Waals surface area contributed by atoms with Crippen LogP contribution in [0.4, 0.5) is 36.2 Å². The maximum absolute atomic E-state index is 13.2. The molecule has 1 amide bonds. The van der Waals surface area contributed by atoms with Crippen LogP contribution >= 0.6 is 0 Å². The van der Waals surface area contributed by atoms with E-state index in [0.29, 0.717) is 11.1 Å². The van der Waals surface area contributed by atoms with Crippen LogP contribution in [-0.2, 0) is 4.79 Å². The molecule has 10 nitrogen and oxygen atoms in total. The summed E-state index contributed by atoms with van der Waals surface area (Å²) in [6, 6.07) is 22.5. The molecule has 0 fully saturated rings. The van der Waals surface area contributed by atoms with E-state index in [9.17, 15) is 28.1 Å². The Hall–Kier alpha value is -5.20. The van der Waals surface area contributed by atoms with E-state index < -0.39 is 34.5 Å². The van der Waals surface area contributed by atoms with E-state index in [1.54, 1.807) is 48.5 Å². The van der Waals surface area contributed by atoms with E-state index in [1.165, 1.54) is 12.1 Å². The summed E-state index contributed by atoms with van der Waals surface area (Å²) in [7, 11) is 0. The maximum atomic E-state index is 13.2. The molecule has 13 heteroatoms. The lowest BCUT2D eigenvalue weighted by atomic mass is 9.91. The van der Waals surface area contributed by atoms with Crippen molar-refractivity contribution in [1.29, 1.82) is 0 Å². The molecule has 4 rings (SSSR count). The third-order valence-electron chi connectivity index (χ3n) is 5.19. The Kier molecular flexibility index (Phi) is 7.66. The molecule has 1 heterocycles. The highest BCUT2D eigenvalue weighted by Gasteiger charge is 2.31. The molecule has 0 spiro atoms. The van der Waals surface area contributed by atoms with E-state index in [4.69, 9.17) is 0 Å². The number of aromatic nitrogens is 2. The first-order valence-corrected chi connectivity index (χ1v) is 11.0. The van der Waals surface area contributed by atoms with E-state index >= 15 is 0 Å². The summed E-state index contributed by atoms with van der Waals surface area (Å²) < 4.78 is 41.0. The van der Waals surface area contributed by atoms with Gasteiger partial charge in [-0.3, -0.25) is 25.8 Å². The van der Waals surface area contributed by atoms with Gasteiger partial charge in [0.1, 0.15) is 12.1 Å². The molecule has 0 saturated carbocycles. The molecule has 0 unspecified atom stereocenters. The number of hydrogen-bond donors (Lipinski definition) is 3. The number of carbonyl (C=O) groups is 1. The van der Waals surface area contributed by atoms with Crippen LogP contribution in [0, 0.1) is 10.1 Å². The minimum Gasteiger partial charge on any atom is -0.406 e. The molecule has 0 aliphatic carbocycles. The number of hydrogen-bond acceptors (Lipinski definition) is 8. The molecule has 0 bridgehead atoms. The number of halogens is 3. The Balaban J connectivity index is 1.54. The number of alkyl halides is 3. The molecule has 0 atom stereocenters. The number of hydrazine groups is 1. The number of ether oxygens (including phenoxy) is 1. The highest BCUT2D eigenvalue weighted by Crippen LogP contribution is 2.32. The van der Waals surface area contributed by atoms with Gasteiger partial charge in [0.15, 0.2) is 0 Å². The molecule has 38 heavy (non-hydrogen) atoms. The number of nitro groups is 1. The molecule has 0 saturated heterocycles. The molecule has 3 aromatic carbocycles. The fourth-order valence-corrected chi connectivity index (χ4v) is 3.59. The van der Waals surface area contributed by atoms with Crippen molar-refractivity contribution < 1.29 is 27.6 Å². The second-order valence-electron chi connectivity index (χ2n) is 7.74. The average Bonchev–Trinajstić information content (AvgIpc) is 2.89. The minimum atomic E-state index is -4.86. The third-order valence-corrected chi connectivity index (χ3v) is 5.19. The molecular weight excluding hydrogens is 505 g/mol. The molecule has 1 aromatic heterocycles. The Morgan fingerprint density at radius 2 is 1.42 bits per heavy atom. The molecular formula is C25H19F3N6O4. The summed E-state index contributed by atoms with van der Waals surface area (Å²) in [5, 5.41) is 14.5. The van der Waals surface area contributed by atoms with Gasteiger partial charge < -0.3 is 10.1 Å². The van der Waals surface area contributed by atoms with E-state index in [-0.39, 0.29) is 17.3 Å². The van der Waals surface area contributed by atoms with Crippen LogP contribution in [0.2, 0.25) is 0 Å². The molecule has 0 aliphatic heterocycles. The topological polar surface area (TPSA) is 131 Å². The van der Waals surface area contributed by atoms with Gasteiger partial charge in [-0.05, 0) is 35.4 Å². The molecule has 0 radical (unpaired) electrons. The Bertz CT molecular complexity index is 1370. The lowest BCUT2D eigenvalue weighted by molar-refractivity contribution is -0.383. The van der Waals surface area contributed by atoms with Crippen LogP contribution in [-0.4, -0.2) is 27.2 Å². The van der Waals surface area contributed by atoms with Crippen LogP contribution in [0.3, 0.4) is 0 Å². The minimum absolute atomic E-state index is 0.199. The highest BCUT2D eigenvalue weighted by atomic mass is 19.4. The van der Waals surface area contributed by atoms with Gasteiger partial charge in [-0.1, -0.05) is 60.7 Å². The second kappa shape index (κ2) is 11.2. The fraction of sp³-hybridized carbons (Fsp3) is 0.0800. The van der Waals surface area contributed by atoms with E-state index in [2.05, 4.69) is 30.9 Å². The van der Waals surface area contributed by atoms with Gasteiger partial charge in [0.25, 0.3) is 0 Å². The fourth-order valence-electron chi connectivity index (χ4n) is 3.59. The predicted molar refractivity (Wildman–Crippen MR) is 132 cm³/mol. The first kappa shape index (κ1) is 25.9. The van der Waals surface area contributed by atoms with Crippen molar-refractivity contribution in [2.24, 2.45) is 0 Å². The van der Waals surface area contributed by atoms with Crippen LogP contribution in [0.1, 0.15) is 17.0 Å². The van der Waals surface area contributed by atoms with Crippen molar-refractivity contribution in [3.8, 4) is 5.75 Å². The zero-order valence-electron chi connectivity index (χ0n) is 19.3. The lowest BCUT2D eigenvalue weighted by Gasteiger charge is -2.18. The van der Waals surface area contributed by atoms with Gasteiger partial charge in [-0.25, -0.2) is 9.97 Å². The second-order valence-corrected chi connectivity index (χ2v) is 7.74. The molecule has 4 aromatic rings. The third kappa shape index (κ3) is 6.51. The standard InChI is InChI=1S/C25H19F3N6O4/c26-25(27,28)38-19-13-11-18(12-14-19)31-22-21(34(36)37)23(30-15-29-22)32-33-24(35)20(16-7-3-1-4-8-16)17-9-5-2-6-10-17/h1-15,20H,(H,33,35)(H2,29,30,31,32). The van der Waals surface area contributed by atoms with E-state index in [1.807, 2.05) is 12.1 Å². The van der Waals surface area contributed by atoms with Gasteiger partial charge >= 0.3 is 12.0 Å². The predicted octanol–water partition coefficient (Wildman–Crippen LogP) is 5.30. The zero-order valence-corrected chi connectivity index (χ0v) is 19.3. The molecule has 0 aliphatic rings. The van der Waals surface area contributed by atoms with Crippen molar-refractivity contribution >= 4 is 28.9 Å². The van der Waals surface area contributed by atoms with Crippen LogP contribution in [0.25, 0.3) is 0 Å². The van der Waals surface area contributed by atoms with Gasteiger partial charge in [0.05, 0.1) is 10.8 Å². The monoisotopic (exact) mass is 524 g/mol. The van der Waals surface area contributed by atoms with Crippen molar-refractivity contribution in [2.45, 2.75) is 12.3 Å². The van der Waals surface area contributed by atoms with Gasteiger partial charge in [0, 0.05) is 5.69 Å². The van der Waals surface area contributed by atoms with Crippen molar-refractivity contribution in [3.63, 3.8) is 0 Å². The Morgan fingerprint density at radius 1 is 0.868 bits per heavy atom. The first-order chi connectivity index (χ1) is 18.2. The highest BCUT2D eigenvalue weighted by molar-refractivity contribution is 5.88. The lowest BCUT2D eigenvalue weighted by Crippen LogP contribution is -2.35. The van der Waals surface area contributed by atoms with Crippen LogP contribution in [0.15, 0.2) is 91.3 Å². The van der Waals surface area contributed by atoms with Crippen LogP contribution < -0.4 is 20.9 Å². The smallest absolute Gasteiger partial charge is 0.406 e. The van der Waals surface area contributed by atoms with Gasteiger partial charge in [-0.15, -0.1) is 13.2 Å². The Morgan fingerprint density at radius 3 is 1.95 bits per heavy atom. The molecule has 3 N–H and O–H groups in total. The van der Waals surface area contributed by atoms with Gasteiger partial charge in [0.2, 0.25) is 17.5 Å². The summed E-state index contributed by atoms with van der Waals surface area (Å²) in [6.45, 7) is 0. The number of nitrogens with zero attached hydrogens (tertiary/aromatic N) is 3. The number of nitrogens with one attached hydrogen (secondary N) is 3. The normalized spacial score (nSPS) is 11.1. The summed E-state index contributed by atoms with van der Waals surface area (Å²) in [6.07, 6.45) is -3.83. The van der Waals surface area contributed by atoms with Gasteiger partial charge in [-0.2, -0.15) is 0 Å². The number of benzene rings is 3. The maximum Gasteiger partial charge on any atom is 0.573 e. The SMILES string of the molecule is O=C(NNc1ncnc(Nc2ccc(OC(F)(F)F)cc2)c1[N+](=O)[O-])C(c1ccccc1)c1ccccc1. The number of rotatable bonds is 9. The summed E-state index contributed by atoms with van der Waals surface area (Å²) in [4.78, 5) is 32.0. The van der Waals surface area contributed by atoms with Crippen molar-refractivity contribution in [1.82, 2.24) is 15.4 Å². The largest absolute Gasteiger partial charge is 0.573 e. The summed E-state index contributed by atoms with van der Waals surface area (Å²) in [5.74, 6) is -2.24. The van der Waals surface area contributed by atoms with E-state index in [0.717, 1.165) is 18.5 Å². The van der Waals surface area contributed by atoms with Crippen LogP contribution in [0.5, 0.6) is 5.75 Å². The molecule has 194 valence electrons. The Labute approximate surface area is 213 Å². The number of amides is 1. The van der Waals surface area contributed by atoms with Crippen molar-refractivity contribution in [3.05, 3.63) is 112 Å². The quantitative estimate of drug-likeness (QED) is 0.199. The summed E-state index contributed by atoms with van der Waals surface area (Å²) in [5.41, 5.74) is 5.98. The zero-order chi connectivity index (χ0) is 27.1.